The Balaban J connectivity index is 2.26. The number of furan rings is 1. The lowest BCUT2D eigenvalue weighted by Gasteiger charge is -2.20. The molecule has 2 unspecified atom stereocenters. The van der Waals surface area contributed by atoms with E-state index in [4.69, 9.17) is 10.2 Å². The zero-order chi connectivity index (χ0) is 13.8. The second-order valence-electron chi connectivity index (χ2n) is 4.50. The van der Waals surface area contributed by atoms with Gasteiger partial charge < -0.3 is 15.3 Å². The monoisotopic (exact) mass is 263 g/mol. The van der Waals surface area contributed by atoms with Crippen LogP contribution >= 0.6 is 0 Å². The number of rotatable bonds is 5. The number of hydrogen-bond donors (Lipinski definition) is 2. The highest BCUT2D eigenvalue weighted by molar-refractivity contribution is 5.25. The summed E-state index contributed by atoms with van der Waals surface area (Å²) in [7, 11) is 0. The summed E-state index contributed by atoms with van der Waals surface area (Å²) < 4.78 is 18.8. The highest BCUT2D eigenvalue weighted by atomic mass is 19.1. The Morgan fingerprint density at radius 3 is 2.68 bits per heavy atom. The van der Waals surface area contributed by atoms with Crippen LogP contribution in [0.15, 0.2) is 40.8 Å². The zero-order valence-electron chi connectivity index (χ0n) is 10.8. The summed E-state index contributed by atoms with van der Waals surface area (Å²) in [5, 5.41) is 10.3. The van der Waals surface area contributed by atoms with Crippen LogP contribution in [0.4, 0.5) is 4.39 Å². The number of aliphatic hydroxyl groups excluding tert-OH is 1. The summed E-state index contributed by atoms with van der Waals surface area (Å²) in [5.74, 6) is 0.559. The van der Waals surface area contributed by atoms with Gasteiger partial charge in [0.25, 0.3) is 0 Å². The number of aliphatic hydroxyl groups is 1. The molecule has 19 heavy (non-hydrogen) atoms. The maximum atomic E-state index is 13.2. The van der Waals surface area contributed by atoms with E-state index in [2.05, 4.69) is 0 Å². The fraction of sp³-hybridized carbons (Fsp3) is 0.333. The molecule has 3 N–H and O–H groups in total. The lowest BCUT2D eigenvalue weighted by Crippen LogP contribution is -2.20. The first-order valence-corrected chi connectivity index (χ1v) is 6.38. The van der Waals surface area contributed by atoms with Crippen molar-refractivity contribution in [3.8, 4) is 0 Å². The molecule has 0 saturated heterocycles. The van der Waals surface area contributed by atoms with E-state index >= 15 is 0 Å². The molecule has 1 aromatic heterocycles. The van der Waals surface area contributed by atoms with E-state index in [9.17, 15) is 9.50 Å². The van der Waals surface area contributed by atoms with Crippen molar-refractivity contribution in [1.29, 1.82) is 0 Å². The van der Waals surface area contributed by atoms with Gasteiger partial charge in [-0.2, -0.15) is 0 Å². The summed E-state index contributed by atoms with van der Waals surface area (Å²) >= 11 is 0. The normalized spacial score (nSPS) is 14.3. The van der Waals surface area contributed by atoms with Gasteiger partial charge in [-0.05, 0) is 29.8 Å². The van der Waals surface area contributed by atoms with Gasteiger partial charge in [-0.15, -0.1) is 0 Å². The minimum atomic E-state index is -0.868. The Morgan fingerprint density at radius 1 is 1.32 bits per heavy atom. The maximum absolute atomic E-state index is 13.2. The van der Waals surface area contributed by atoms with Gasteiger partial charge in [0.15, 0.2) is 0 Å². The third-order valence-corrected chi connectivity index (χ3v) is 3.23. The Labute approximate surface area is 111 Å². The van der Waals surface area contributed by atoms with Crippen molar-refractivity contribution in [3.63, 3.8) is 0 Å². The van der Waals surface area contributed by atoms with E-state index in [1.54, 1.807) is 18.2 Å². The number of nitrogens with two attached hydrogens (primary N) is 1. The van der Waals surface area contributed by atoms with Crippen LogP contribution in [-0.4, -0.2) is 11.7 Å². The van der Waals surface area contributed by atoms with E-state index in [-0.39, 0.29) is 18.3 Å². The minimum Gasteiger partial charge on any atom is -0.463 e. The Kier molecular flexibility index (Phi) is 4.35. The molecule has 0 radical (unpaired) electrons. The van der Waals surface area contributed by atoms with Crippen molar-refractivity contribution in [2.75, 3.05) is 6.54 Å². The van der Waals surface area contributed by atoms with Crippen LogP contribution in [0.2, 0.25) is 0 Å². The average Bonchev–Trinajstić information content (AvgIpc) is 2.88. The van der Waals surface area contributed by atoms with Gasteiger partial charge in [0.1, 0.15) is 23.4 Å². The smallest absolute Gasteiger partial charge is 0.133 e. The third-order valence-electron chi connectivity index (χ3n) is 3.23. The van der Waals surface area contributed by atoms with E-state index in [1.165, 1.54) is 12.1 Å². The fourth-order valence-corrected chi connectivity index (χ4v) is 2.13. The molecule has 0 aliphatic carbocycles. The largest absolute Gasteiger partial charge is 0.463 e. The number of halogens is 1. The molecule has 4 heteroatoms. The molecule has 1 heterocycles. The van der Waals surface area contributed by atoms with Crippen LogP contribution in [0.3, 0.4) is 0 Å². The third kappa shape index (κ3) is 3.03. The van der Waals surface area contributed by atoms with Gasteiger partial charge in [0.2, 0.25) is 0 Å². The molecule has 3 nitrogen and oxygen atoms in total. The maximum Gasteiger partial charge on any atom is 0.133 e. The first-order valence-electron chi connectivity index (χ1n) is 6.38. The molecule has 0 bridgehead atoms. The molecular formula is C15H18FNO2. The molecule has 0 aliphatic heterocycles. The van der Waals surface area contributed by atoms with Crippen LogP contribution in [0, 0.1) is 5.82 Å². The Morgan fingerprint density at radius 2 is 2.11 bits per heavy atom. The lowest BCUT2D eigenvalue weighted by molar-refractivity contribution is 0.120. The summed E-state index contributed by atoms with van der Waals surface area (Å²) in [6.07, 6.45) is -0.105. The molecular weight excluding hydrogens is 245 g/mol. The first kappa shape index (κ1) is 13.8. The second kappa shape index (κ2) is 5.99. The van der Waals surface area contributed by atoms with Gasteiger partial charge in [-0.1, -0.05) is 19.1 Å². The van der Waals surface area contributed by atoms with Crippen LogP contribution in [0.5, 0.6) is 0 Å². The highest BCUT2D eigenvalue weighted by Crippen LogP contribution is 2.31. The summed E-state index contributed by atoms with van der Waals surface area (Å²) in [5.41, 5.74) is 6.38. The second-order valence-corrected chi connectivity index (χ2v) is 4.50. The van der Waals surface area contributed by atoms with Crippen LogP contribution in [0.1, 0.15) is 36.0 Å². The van der Waals surface area contributed by atoms with Gasteiger partial charge in [0, 0.05) is 18.9 Å². The van der Waals surface area contributed by atoms with E-state index < -0.39 is 6.10 Å². The number of aryl methyl sites for hydroxylation is 1. The summed E-state index contributed by atoms with van der Waals surface area (Å²) in [4.78, 5) is 0. The van der Waals surface area contributed by atoms with E-state index in [0.717, 1.165) is 12.2 Å². The van der Waals surface area contributed by atoms with Crippen LogP contribution in [0.25, 0.3) is 0 Å². The van der Waals surface area contributed by atoms with Gasteiger partial charge in [0.05, 0.1) is 0 Å². The number of benzene rings is 1. The average molecular weight is 263 g/mol. The SMILES string of the molecule is CCc1ccc(C(O)C(CN)c2cccc(F)c2)o1. The first-order chi connectivity index (χ1) is 9.15. The van der Waals surface area contributed by atoms with Gasteiger partial charge >= 0.3 is 0 Å². The van der Waals surface area contributed by atoms with Crippen molar-refractivity contribution in [2.24, 2.45) is 5.73 Å². The van der Waals surface area contributed by atoms with Gasteiger partial charge in [-0.3, -0.25) is 0 Å². The van der Waals surface area contributed by atoms with Crippen molar-refractivity contribution in [2.45, 2.75) is 25.4 Å². The minimum absolute atomic E-state index is 0.215. The molecule has 0 aliphatic rings. The van der Waals surface area contributed by atoms with Crippen molar-refractivity contribution >= 4 is 0 Å². The predicted octanol–water partition coefficient (Wildman–Crippen LogP) is 2.76. The molecule has 0 amide bonds. The molecule has 0 spiro atoms. The Bertz CT molecular complexity index is 538. The molecule has 1 aromatic carbocycles. The molecule has 2 rings (SSSR count). The molecule has 2 aromatic rings. The Hall–Kier alpha value is -1.65. The van der Waals surface area contributed by atoms with Gasteiger partial charge in [-0.25, -0.2) is 4.39 Å². The highest BCUT2D eigenvalue weighted by Gasteiger charge is 2.24. The van der Waals surface area contributed by atoms with Crippen molar-refractivity contribution in [1.82, 2.24) is 0 Å². The molecule has 0 saturated carbocycles. The quantitative estimate of drug-likeness (QED) is 0.872. The zero-order valence-corrected chi connectivity index (χ0v) is 10.8. The van der Waals surface area contributed by atoms with Crippen LogP contribution < -0.4 is 5.73 Å². The summed E-state index contributed by atoms with van der Waals surface area (Å²) in [6.45, 7) is 2.19. The molecule has 0 fully saturated rings. The van der Waals surface area contributed by atoms with Crippen LogP contribution in [-0.2, 0) is 6.42 Å². The van der Waals surface area contributed by atoms with Crippen molar-refractivity contribution < 1.29 is 13.9 Å². The predicted molar refractivity (Wildman–Crippen MR) is 71.2 cm³/mol. The van der Waals surface area contributed by atoms with E-state index in [0.29, 0.717) is 11.3 Å². The molecule has 102 valence electrons. The molecule has 2 atom stereocenters. The topological polar surface area (TPSA) is 59.4 Å². The summed E-state index contributed by atoms with van der Waals surface area (Å²) in [6, 6.07) is 9.70. The standard InChI is InChI=1S/C15H18FNO2/c1-2-12-6-7-14(19-12)15(18)13(9-17)10-4-3-5-11(16)8-10/h3-8,13,15,18H,2,9,17H2,1H3. The fourth-order valence-electron chi connectivity index (χ4n) is 2.13. The van der Waals surface area contributed by atoms with E-state index in [1.807, 2.05) is 13.0 Å². The van der Waals surface area contributed by atoms with Crippen molar-refractivity contribution in [3.05, 3.63) is 59.3 Å². The lowest BCUT2D eigenvalue weighted by atomic mass is 9.92. The number of hydrogen-bond acceptors (Lipinski definition) is 3.